The minimum absolute atomic E-state index is 0.0704. The van der Waals surface area contributed by atoms with Crippen molar-refractivity contribution >= 4 is 17.4 Å². The normalized spacial score (nSPS) is 10.1. The van der Waals surface area contributed by atoms with E-state index in [4.69, 9.17) is 4.74 Å². The van der Waals surface area contributed by atoms with Gasteiger partial charge in [0.1, 0.15) is 12.2 Å². The zero-order valence-electron chi connectivity index (χ0n) is 11.7. The fraction of sp³-hybridized carbons (Fsp3) is 0.500. The summed E-state index contributed by atoms with van der Waals surface area (Å²) in [6, 6.07) is 3.48. The summed E-state index contributed by atoms with van der Waals surface area (Å²) in [7, 11) is 0. The lowest BCUT2D eigenvalue weighted by Gasteiger charge is -2.22. The molecule has 5 heteroatoms. The largest absolute Gasteiger partial charge is 0.465 e. The smallest absolute Gasteiger partial charge is 0.325 e. The van der Waals surface area contributed by atoms with Gasteiger partial charge in [0, 0.05) is 13.5 Å². The molecule has 0 saturated carbocycles. The number of nitrogens with zero attached hydrogens (tertiary/aromatic N) is 2. The number of carbonyl (C=O) groups is 2. The van der Waals surface area contributed by atoms with Crippen molar-refractivity contribution in [2.75, 3.05) is 24.6 Å². The van der Waals surface area contributed by atoms with E-state index in [0.717, 1.165) is 18.7 Å². The molecule has 104 valence electrons. The molecular weight excluding hydrogens is 244 g/mol. The van der Waals surface area contributed by atoms with Crippen LogP contribution in [0, 0.1) is 0 Å². The topological polar surface area (TPSA) is 59.5 Å². The van der Waals surface area contributed by atoms with Gasteiger partial charge in [-0.1, -0.05) is 6.92 Å². The standard InChI is InChI=1S/C14H20N2O3/c1-4-8-16(10-14(18)19-5-2)12-6-7-13(11(3)17)15-9-12/h6-7,9H,4-5,8,10H2,1-3H3. The van der Waals surface area contributed by atoms with Gasteiger partial charge in [0.15, 0.2) is 5.78 Å². The highest BCUT2D eigenvalue weighted by atomic mass is 16.5. The lowest BCUT2D eigenvalue weighted by Crippen LogP contribution is -2.31. The monoisotopic (exact) mass is 264 g/mol. The van der Waals surface area contributed by atoms with E-state index in [1.165, 1.54) is 6.92 Å². The number of Topliss-reactive ketones (excluding diaryl/α,β-unsaturated/α-hetero) is 1. The van der Waals surface area contributed by atoms with Crippen LogP contribution in [0.1, 0.15) is 37.7 Å². The molecule has 0 aromatic carbocycles. The van der Waals surface area contributed by atoms with Crippen molar-refractivity contribution < 1.29 is 14.3 Å². The average Bonchev–Trinajstić information content (AvgIpc) is 2.38. The van der Waals surface area contributed by atoms with E-state index in [0.29, 0.717) is 12.3 Å². The molecule has 19 heavy (non-hydrogen) atoms. The lowest BCUT2D eigenvalue weighted by molar-refractivity contribution is -0.141. The maximum atomic E-state index is 11.5. The fourth-order valence-electron chi connectivity index (χ4n) is 1.71. The number of anilines is 1. The summed E-state index contributed by atoms with van der Waals surface area (Å²) in [6.45, 7) is 6.61. The van der Waals surface area contributed by atoms with Gasteiger partial charge in [-0.2, -0.15) is 0 Å². The van der Waals surface area contributed by atoms with Crippen LogP contribution >= 0.6 is 0 Å². The molecule has 0 radical (unpaired) electrons. The third kappa shape index (κ3) is 4.69. The quantitative estimate of drug-likeness (QED) is 0.557. The van der Waals surface area contributed by atoms with E-state index in [2.05, 4.69) is 4.98 Å². The maximum Gasteiger partial charge on any atom is 0.325 e. The van der Waals surface area contributed by atoms with Gasteiger partial charge in [-0.15, -0.1) is 0 Å². The molecule has 0 aliphatic carbocycles. The predicted molar refractivity (Wildman–Crippen MR) is 73.4 cm³/mol. The third-order valence-corrected chi connectivity index (χ3v) is 2.59. The molecule has 0 saturated heterocycles. The van der Waals surface area contributed by atoms with Crippen LogP contribution < -0.4 is 4.90 Å². The van der Waals surface area contributed by atoms with E-state index < -0.39 is 0 Å². The van der Waals surface area contributed by atoms with Crippen molar-refractivity contribution in [2.24, 2.45) is 0 Å². The zero-order valence-corrected chi connectivity index (χ0v) is 11.7. The molecule has 0 unspecified atom stereocenters. The van der Waals surface area contributed by atoms with Crippen LogP contribution in [0.3, 0.4) is 0 Å². The maximum absolute atomic E-state index is 11.5. The Morgan fingerprint density at radius 2 is 2.05 bits per heavy atom. The number of carbonyl (C=O) groups excluding carboxylic acids is 2. The summed E-state index contributed by atoms with van der Waals surface area (Å²) in [5, 5.41) is 0. The van der Waals surface area contributed by atoms with Crippen molar-refractivity contribution in [1.29, 1.82) is 0 Å². The molecule has 0 amide bonds. The molecule has 1 rings (SSSR count). The number of ketones is 1. The second-order valence-electron chi connectivity index (χ2n) is 4.18. The van der Waals surface area contributed by atoms with E-state index in [9.17, 15) is 9.59 Å². The fourth-order valence-corrected chi connectivity index (χ4v) is 1.71. The van der Waals surface area contributed by atoms with Gasteiger partial charge in [-0.3, -0.25) is 14.6 Å². The van der Waals surface area contributed by atoms with E-state index >= 15 is 0 Å². The summed E-state index contributed by atoms with van der Waals surface area (Å²) in [5.74, 6) is -0.328. The van der Waals surface area contributed by atoms with E-state index in [-0.39, 0.29) is 18.3 Å². The molecule has 0 spiro atoms. The Morgan fingerprint density at radius 3 is 2.53 bits per heavy atom. The molecule has 0 aliphatic rings. The highest BCUT2D eigenvalue weighted by Crippen LogP contribution is 2.14. The van der Waals surface area contributed by atoms with Gasteiger partial charge in [0.25, 0.3) is 0 Å². The van der Waals surface area contributed by atoms with Gasteiger partial charge in [0.2, 0.25) is 0 Å². The lowest BCUT2D eigenvalue weighted by atomic mass is 10.2. The molecule has 1 heterocycles. The van der Waals surface area contributed by atoms with Crippen molar-refractivity contribution in [3.63, 3.8) is 0 Å². The van der Waals surface area contributed by atoms with Gasteiger partial charge < -0.3 is 9.64 Å². The molecule has 1 aromatic heterocycles. The molecule has 0 fully saturated rings. The number of rotatable bonds is 7. The molecule has 0 bridgehead atoms. The predicted octanol–water partition coefficient (Wildman–Crippen LogP) is 2.06. The van der Waals surface area contributed by atoms with E-state index in [1.54, 1.807) is 25.3 Å². The van der Waals surface area contributed by atoms with Crippen LogP contribution in [0.2, 0.25) is 0 Å². The highest BCUT2D eigenvalue weighted by molar-refractivity contribution is 5.92. The minimum Gasteiger partial charge on any atom is -0.465 e. The number of ether oxygens (including phenoxy) is 1. The van der Waals surface area contributed by atoms with Crippen LogP contribution in [0.25, 0.3) is 0 Å². The Labute approximate surface area is 113 Å². The number of pyridine rings is 1. The van der Waals surface area contributed by atoms with Crippen LogP contribution in [0.4, 0.5) is 5.69 Å². The second kappa shape index (κ2) is 7.51. The Hall–Kier alpha value is -1.91. The Morgan fingerprint density at radius 1 is 1.32 bits per heavy atom. The molecule has 5 nitrogen and oxygen atoms in total. The third-order valence-electron chi connectivity index (χ3n) is 2.59. The Balaban J connectivity index is 2.80. The number of aromatic nitrogens is 1. The van der Waals surface area contributed by atoms with Gasteiger partial charge in [0.05, 0.1) is 18.5 Å². The SMILES string of the molecule is CCCN(CC(=O)OCC)c1ccc(C(C)=O)nc1. The molecule has 0 aliphatic heterocycles. The molecule has 1 aromatic rings. The van der Waals surface area contributed by atoms with Crippen molar-refractivity contribution in [3.05, 3.63) is 24.0 Å². The summed E-state index contributed by atoms with van der Waals surface area (Å²) in [5.41, 5.74) is 1.25. The first kappa shape index (κ1) is 15.1. The summed E-state index contributed by atoms with van der Waals surface area (Å²) < 4.78 is 4.95. The van der Waals surface area contributed by atoms with Crippen molar-refractivity contribution in [3.8, 4) is 0 Å². The van der Waals surface area contributed by atoms with Crippen LogP contribution in [-0.4, -0.2) is 36.4 Å². The second-order valence-corrected chi connectivity index (χ2v) is 4.18. The molecular formula is C14H20N2O3. The summed E-state index contributed by atoms with van der Waals surface area (Å²) >= 11 is 0. The Kier molecular flexibility index (Phi) is 5.99. The number of hydrogen-bond donors (Lipinski definition) is 0. The van der Waals surface area contributed by atoms with Crippen molar-refractivity contribution in [2.45, 2.75) is 27.2 Å². The molecule has 0 atom stereocenters. The summed E-state index contributed by atoms with van der Waals surface area (Å²) in [4.78, 5) is 28.7. The van der Waals surface area contributed by atoms with Gasteiger partial charge in [-0.05, 0) is 25.5 Å². The Bertz CT molecular complexity index is 429. The first-order valence-corrected chi connectivity index (χ1v) is 6.46. The van der Waals surface area contributed by atoms with E-state index in [1.807, 2.05) is 11.8 Å². The minimum atomic E-state index is -0.258. The number of hydrogen-bond acceptors (Lipinski definition) is 5. The first-order valence-electron chi connectivity index (χ1n) is 6.46. The first-order chi connectivity index (χ1) is 9.08. The number of esters is 1. The van der Waals surface area contributed by atoms with Gasteiger partial charge >= 0.3 is 5.97 Å². The average molecular weight is 264 g/mol. The van der Waals surface area contributed by atoms with Crippen molar-refractivity contribution in [1.82, 2.24) is 4.98 Å². The highest BCUT2D eigenvalue weighted by Gasteiger charge is 2.12. The molecule has 0 N–H and O–H groups in total. The van der Waals surface area contributed by atoms with Crippen LogP contribution in [-0.2, 0) is 9.53 Å². The summed E-state index contributed by atoms with van der Waals surface area (Å²) in [6.07, 6.45) is 2.53. The zero-order chi connectivity index (χ0) is 14.3. The van der Waals surface area contributed by atoms with Crippen LogP contribution in [0.5, 0.6) is 0 Å². The van der Waals surface area contributed by atoms with Gasteiger partial charge in [-0.25, -0.2) is 0 Å². The van der Waals surface area contributed by atoms with Crippen LogP contribution in [0.15, 0.2) is 18.3 Å².